The zero-order chi connectivity index (χ0) is 7.56. The monoisotopic (exact) mass is 147 g/mol. The SMILES string of the molecule is Cc1cn(CC(F)F)nn1. The highest BCUT2D eigenvalue weighted by Gasteiger charge is 2.03. The summed E-state index contributed by atoms with van der Waals surface area (Å²) >= 11 is 0. The Labute approximate surface area is 56.7 Å². The summed E-state index contributed by atoms with van der Waals surface area (Å²) in [7, 11) is 0. The third kappa shape index (κ3) is 1.75. The van der Waals surface area contributed by atoms with Crippen molar-refractivity contribution in [3.8, 4) is 0 Å². The van der Waals surface area contributed by atoms with Gasteiger partial charge in [0.1, 0.15) is 6.54 Å². The Morgan fingerprint density at radius 2 is 2.40 bits per heavy atom. The number of hydrogen-bond donors (Lipinski definition) is 0. The fourth-order valence-corrected chi connectivity index (χ4v) is 0.626. The van der Waals surface area contributed by atoms with E-state index in [2.05, 4.69) is 10.3 Å². The Hall–Kier alpha value is -1.00. The molecule has 0 bridgehead atoms. The molecule has 0 spiro atoms. The van der Waals surface area contributed by atoms with Crippen molar-refractivity contribution in [3.05, 3.63) is 11.9 Å². The summed E-state index contributed by atoms with van der Waals surface area (Å²) in [4.78, 5) is 0. The molecular formula is C5H7F2N3. The van der Waals surface area contributed by atoms with Crippen LogP contribution in [0.2, 0.25) is 0 Å². The van der Waals surface area contributed by atoms with Crippen LogP contribution in [0.4, 0.5) is 8.78 Å². The summed E-state index contributed by atoms with van der Waals surface area (Å²) in [5, 5.41) is 6.99. The lowest BCUT2D eigenvalue weighted by molar-refractivity contribution is 0.121. The third-order valence-corrected chi connectivity index (χ3v) is 0.978. The first kappa shape index (κ1) is 7.11. The van der Waals surface area contributed by atoms with Crippen molar-refractivity contribution in [1.82, 2.24) is 15.0 Å². The molecule has 0 aromatic carbocycles. The van der Waals surface area contributed by atoms with Crippen LogP contribution >= 0.6 is 0 Å². The highest BCUT2D eigenvalue weighted by molar-refractivity contribution is 4.86. The summed E-state index contributed by atoms with van der Waals surface area (Å²) in [5.41, 5.74) is 0.653. The predicted octanol–water partition coefficient (Wildman–Crippen LogP) is 0.852. The Bertz CT molecular complexity index is 208. The first-order chi connectivity index (χ1) is 4.68. The summed E-state index contributed by atoms with van der Waals surface area (Å²) in [6.07, 6.45) is -0.882. The van der Waals surface area contributed by atoms with E-state index in [0.29, 0.717) is 5.69 Å². The summed E-state index contributed by atoms with van der Waals surface area (Å²) in [6.45, 7) is 1.33. The molecule has 0 unspecified atom stereocenters. The van der Waals surface area contributed by atoms with E-state index in [1.807, 2.05) is 0 Å². The van der Waals surface area contributed by atoms with Crippen LogP contribution in [-0.4, -0.2) is 21.4 Å². The number of nitrogens with zero attached hydrogens (tertiary/aromatic N) is 3. The second kappa shape index (κ2) is 2.72. The van der Waals surface area contributed by atoms with Crippen LogP contribution in [0.5, 0.6) is 0 Å². The van der Waals surface area contributed by atoms with E-state index in [9.17, 15) is 8.78 Å². The molecule has 0 saturated carbocycles. The zero-order valence-corrected chi connectivity index (χ0v) is 5.46. The van der Waals surface area contributed by atoms with Crippen LogP contribution in [0, 0.1) is 6.92 Å². The topological polar surface area (TPSA) is 30.7 Å². The molecule has 10 heavy (non-hydrogen) atoms. The normalized spacial score (nSPS) is 10.8. The molecular weight excluding hydrogens is 140 g/mol. The molecule has 0 aliphatic carbocycles. The van der Waals surface area contributed by atoms with Crippen molar-refractivity contribution in [2.24, 2.45) is 0 Å². The van der Waals surface area contributed by atoms with Gasteiger partial charge in [-0.1, -0.05) is 5.21 Å². The quantitative estimate of drug-likeness (QED) is 0.620. The van der Waals surface area contributed by atoms with Gasteiger partial charge in [0.15, 0.2) is 0 Å². The standard InChI is InChI=1S/C5H7F2N3/c1-4-2-10(9-8-4)3-5(6)7/h2,5H,3H2,1H3. The van der Waals surface area contributed by atoms with Gasteiger partial charge in [-0.2, -0.15) is 0 Å². The molecule has 1 heterocycles. The highest BCUT2D eigenvalue weighted by atomic mass is 19.3. The molecule has 0 atom stereocenters. The van der Waals surface area contributed by atoms with E-state index in [1.165, 1.54) is 6.20 Å². The fourth-order valence-electron chi connectivity index (χ4n) is 0.626. The first-order valence-electron chi connectivity index (χ1n) is 2.83. The van der Waals surface area contributed by atoms with Gasteiger partial charge in [-0.15, -0.1) is 5.10 Å². The van der Waals surface area contributed by atoms with Crippen LogP contribution in [0.25, 0.3) is 0 Å². The molecule has 0 fully saturated rings. The van der Waals surface area contributed by atoms with E-state index in [1.54, 1.807) is 6.92 Å². The molecule has 0 aliphatic heterocycles. The average Bonchev–Trinajstić information content (AvgIpc) is 2.13. The zero-order valence-electron chi connectivity index (χ0n) is 5.46. The fraction of sp³-hybridized carbons (Fsp3) is 0.600. The predicted molar refractivity (Wildman–Crippen MR) is 30.8 cm³/mol. The van der Waals surface area contributed by atoms with Crippen molar-refractivity contribution in [3.63, 3.8) is 0 Å². The largest absolute Gasteiger partial charge is 0.257 e. The van der Waals surface area contributed by atoms with E-state index in [0.717, 1.165) is 4.68 Å². The smallest absolute Gasteiger partial charge is 0.247 e. The molecule has 0 amide bonds. The summed E-state index contributed by atoms with van der Waals surface area (Å²) in [6, 6.07) is 0. The highest BCUT2D eigenvalue weighted by Crippen LogP contribution is 1.97. The molecule has 56 valence electrons. The minimum atomic E-state index is -2.36. The molecule has 0 aliphatic rings. The van der Waals surface area contributed by atoms with Crippen molar-refractivity contribution in [2.75, 3.05) is 0 Å². The van der Waals surface area contributed by atoms with E-state index in [4.69, 9.17) is 0 Å². The van der Waals surface area contributed by atoms with Gasteiger partial charge in [0.05, 0.1) is 5.69 Å². The van der Waals surface area contributed by atoms with Crippen LogP contribution in [0.1, 0.15) is 5.69 Å². The molecule has 1 aromatic rings. The number of hydrogen-bond acceptors (Lipinski definition) is 2. The first-order valence-corrected chi connectivity index (χ1v) is 2.83. The van der Waals surface area contributed by atoms with Crippen molar-refractivity contribution >= 4 is 0 Å². The van der Waals surface area contributed by atoms with Crippen LogP contribution in [0.15, 0.2) is 6.20 Å². The number of aryl methyl sites for hydroxylation is 1. The van der Waals surface area contributed by atoms with Gasteiger partial charge < -0.3 is 0 Å². The van der Waals surface area contributed by atoms with Gasteiger partial charge in [-0.25, -0.2) is 13.5 Å². The lowest BCUT2D eigenvalue weighted by Crippen LogP contribution is -2.06. The lowest BCUT2D eigenvalue weighted by atomic mass is 10.5. The maximum absolute atomic E-state index is 11.6. The maximum Gasteiger partial charge on any atom is 0.257 e. The molecule has 0 saturated heterocycles. The second-order valence-corrected chi connectivity index (χ2v) is 1.97. The van der Waals surface area contributed by atoms with Gasteiger partial charge >= 0.3 is 0 Å². The van der Waals surface area contributed by atoms with Gasteiger partial charge in [-0.05, 0) is 6.92 Å². The minimum absolute atomic E-state index is 0.374. The van der Waals surface area contributed by atoms with Crippen LogP contribution < -0.4 is 0 Å². The Balaban J connectivity index is 2.58. The Kier molecular flexibility index (Phi) is 1.94. The third-order valence-electron chi connectivity index (χ3n) is 0.978. The van der Waals surface area contributed by atoms with E-state index in [-0.39, 0.29) is 6.54 Å². The number of halogens is 2. The van der Waals surface area contributed by atoms with Gasteiger partial charge in [0.2, 0.25) is 0 Å². The average molecular weight is 147 g/mol. The van der Waals surface area contributed by atoms with Crippen LogP contribution in [0.3, 0.4) is 0 Å². The summed E-state index contributed by atoms with van der Waals surface area (Å²) < 4.78 is 24.4. The number of aromatic nitrogens is 3. The minimum Gasteiger partial charge on any atom is -0.247 e. The van der Waals surface area contributed by atoms with Gasteiger partial charge in [0.25, 0.3) is 6.43 Å². The van der Waals surface area contributed by atoms with Crippen LogP contribution in [-0.2, 0) is 6.54 Å². The number of rotatable bonds is 2. The van der Waals surface area contributed by atoms with Gasteiger partial charge in [0, 0.05) is 6.20 Å². The maximum atomic E-state index is 11.6. The lowest BCUT2D eigenvalue weighted by Gasteiger charge is -1.95. The van der Waals surface area contributed by atoms with Crippen molar-refractivity contribution in [2.45, 2.75) is 19.9 Å². The van der Waals surface area contributed by atoms with Crippen molar-refractivity contribution in [1.29, 1.82) is 0 Å². The molecule has 1 rings (SSSR count). The molecule has 0 radical (unpaired) electrons. The summed E-state index contributed by atoms with van der Waals surface area (Å²) in [5.74, 6) is 0. The van der Waals surface area contributed by atoms with Gasteiger partial charge in [-0.3, -0.25) is 0 Å². The Morgan fingerprint density at radius 1 is 1.70 bits per heavy atom. The molecule has 0 N–H and O–H groups in total. The van der Waals surface area contributed by atoms with E-state index < -0.39 is 6.43 Å². The van der Waals surface area contributed by atoms with E-state index >= 15 is 0 Å². The van der Waals surface area contributed by atoms with Crippen molar-refractivity contribution < 1.29 is 8.78 Å². The Morgan fingerprint density at radius 3 is 2.80 bits per heavy atom. The molecule has 1 aromatic heterocycles. The number of alkyl halides is 2. The molecule has 3 nitrogen and oxygen atoms in total. The second-order valence-electron chi connectivity index (χ2n) is 1.97. The molecule has 5 heteroatoms.